The van der Waals surface area contributed by atoms with Crippen molar-refractivity contribution in [2.75, 3.05) is 43.4 Å². The summed E-state index contributed by atoms with van der Waals surface area (Å²) < 4.78 is 4.97. The van der Waals surface area contributed by atoms with Crippen molar-refractivity contribution < 1.29 is 19.1 Å². The largest absolute Gasteiger partial charge is 0.450 e. The monoisotopic (exact) mass is 451 g/mol. The Balaban J connectivity index is 1.46. The number of rotatable bonds is 5. The van der Waals surface area contributed by atoms with Crippen LogP contribution in [0.2, 0.25) is 5.02 Å². The van der Waals surface area contributed by atoms with Crippen LogP contribution in [0.15, 0.2) is 29.6 Å². The van der Waals surface area contributed by atoms with Crippen molar-refractivity contribution in [3.05, 3.63) is 40.4 Å². The minimum Gasteiger partial charge on any atom is -0.450 e. The summed E-state index contributed by atoms with van der Waals surface area (Å²) in [5, 5.41) is 8.26. The number of anilines is 2. The molecule has 30 heavy (non-hydrogen) atoms. The Bertz CT molecular complexity index is 897. The van der Waals surface area contributed by atoms with Gasteiger partial charge in [-0.1, -0.05) is 11.6 Å². The molecule has 2 heterocycles. The molecule has 11 heteroatoms. The third-order valence-corrected chi connectivity index (χ3v) is 5.39. The number of aromatic nitrogens is 1. The first-order valence-corrected chi connectivity index (χ1v) is 10.7. The summed E-state index contributed by atoms with van der Waals surface area (Å²) in [4.78, 5) is 43.8. The summed E-state index contributed by atoms with van der Waals surface area (Å²) in [6.07, 6.45) is -0.272. The van der Waals surface area contributed by atoms with Crippen LogP contribution < -0.4 is 10.6 Å². The van der Waals surface area contributed by atoms with Gasteiger partial charge in [0.2, 0.25) is 5.91 Å². The van der Waals surface area contributed by atoms with Crippen molar-refractivity contribution in [3.8, 4) is 0 Å². The Kier molecular flexibility index (Phi) is 7.47. The summed E-state index contributed by atoms with van der Waals surface area (Å²) in [5.74, 6) is -0.212. The second-order valence-electron chi connectivity index (χ2n) is 6.48. The van der Waals surface area contributed by atoms with E-state index in [2.05, 4.69) is 15.6 Å². The standard InChI is InChI=1S/C19H22ClN5O4S/c1-2-29-19(28)25-9-7-24(8-10-25)18(27)23-17-22-15(12-30-17)11-16(26)21-14-5-3-13(20)4-6-14/h3-6,12H,2,7-11H2,1H3,(H,21,26)(H,22,23,27). The van der Waals surface area contributed by atoms with Gasteiger partial charge in [-0.05, 0) is 31.2 Å². The molecule has 2 N–H and O–H groups in total. The predicted octanol–water partition coefficient (Wildman–Crippen LogP) is 3.28. The summed E-state index contributed by atoms with van der Waals surface area (Å²) >= 11 is 7.08. The number of hydrogen-bond donors (Lipinski definition) is 2. The molecule has 1 fully saturated rings. The average molecular weight is 452 g/mol. The molecule has 1 aliphatic rings. The second-order valence-corrected chi connectivity index (χ2v) is 7.77. The third kappa shape index (κ3) is 6.07. The molecule has 1 saturated heterocycles. The maximum Gasteiger partial charge on any atom is 0.409 e. The molecule has 0 radical (unpaired) electrons. The maximum atomic E-state index is 12.4. The maximum absolute atomic E-state index is 12.4. The molecule has 0 atom stereocenters. The molecule has 0 aliphatic carbocycles. The zero-order valence-corrected chi connectivity index (χ0v) is 18.0. The van der Waals surface area contributed by atoms with Crippen LogP contribution in [0.5, 0.6) is 0 Å². The van der Waals surface area contributed by atoms with Crippen LogP contribution in [-0.4, -0.2) is 65.6 Å². The van der Waals surface area contributed by atoms with E-state index in [4.69, 9.17) is 16.3 Å². The molecule has 0 spiro atoms. The molecule has 1 aromatic carbocycles. The van der Waals surface area contributed by atoms with Gasteiger partial charge in [-0.3, -0.25) is 10.1 Å². The number of benzene rings is 1. The Morgan fingerprint density at radius 1 is 1.10 bits per heavy atom. The van der Waals surface area contributed by atoms with Gasteiger partial charge in [0.25, 0.3) is 0 Å². The predicted molar refractivity (Wildman–Crippen MR) is 115 cm³/mol. The first kappa shape index (κ1) is 21.8. The molecular weight excluding hydrogens is 430 g/mol. The van der Waals surface area contributed by atoms with Crippen LogP contribution >= 0.6 is 22.9 Å². The molecule has 2 aromatic rings. The topological polar surface area (TPSA) is 104 Å². The van der Waals surface area contributed by atoms with Gasteiger partial charge in [0, 0.05) is 42.3 Å². The van der Waals surface area contributed by atoms with Gasteiger partial charge in [-0.25, -0.2) is 14.6 Å². The Labute approximate surface area is 183 Å². The fourth-order valence-corrected chi connectivity index (χ4v) is 3.65. The molecule has 0 unspecified atom stereocenters. The SMILES string of the molecule is CCOC(=O)N1CCN(C(=O)Nc2nc(CC(=O)Nc3ccc(Cl)cc3)cs2)CC1. The van der Waals surface area contributed by atoms with Gasteiger partial charge >= 0.3 is 12.1 Å². The van der Waals surface area contributed by atoms with E-state index in [1.54, 1.807) is 46.4 Å². The molecular formula is C19H22ClN5O4S. The second kappa shape index (κ2) is 10.3. The number of amides is 4. The highest BCUT2D eigenvalue weighted by Gasteiger charge is 2.25. The molecule has 0 saturated carbocycles. The van der Waals surface area contributed by atoms with E-state index in [0.29, 0.717) is 54.3 Å². The lowest BCUT2D eigenvalue weighted by molar-refractivity contribution is -0.115. The number of nitrogens with one attached hydrogen (secondary N) is 2. The number of nitrogens with zero attached hydrogens (tertiary/aromatic N) is 3. The van der Waals surface area contributed by atoms with E-state index in [0.717, 1.165) is 0 Å². The molecule has 3 rings (SSSR count). The summed E-state index contributed by atoms with van der Waals surface area (Å²) in [6.45, 7) is 3.73. The number of urea groups is 1. The number of halogens is 1. The van der Waals surface area contributed by atoms with Gasteiger partial charge in [0.05, 0.1) is 18.7 Å². The molecule has 1 aromatic heterocycles. The number of piperazine rings is 1. The van der Waals surface area contributed by atoms with Crippen molar-refractivity contribution in [2.45, 2.75) is 13.3 Å². The fraction of sp³-hybridized carbons (Fsp3) is 0.368. The first-order chi connectivity index (χ1) is 14.4. The number of hydrogen-bond acceptors (Lipinski definition) is 6. The van der Waals surface area contributed by atoms with Crippen LogP contribution in [0.1, 0.15) is 12.6 Å². The lowest BCUT2D eigenvalue weighted by Gasteiger charge is -2.33. The fourth-order valence-electron chi connectivity index (χ4n) is 2.83. The Morgan fingerprint density at radius 2 is 1.77 bits per heavy atom. The minimum atomic E-state index is -0.362. The van der Waals surface area contributed by atoms with Gasteiger partial charge in [0.15, 0.2) is 5.13 Å². The number of ether oxygens (including phenoxy) is 1. The Morgan fingerprint density at radius 3 is 2.43 bits per heavy atom. The summed E-state index contributed by atoms with van der Waals surface area (Å²) in [5.41, 5.74) is 1.21. The quantitative estimate of drug-likeness (QED) is 0.725. The van der Waals surface area contributed by atoms with E-state index < -0.39 is 0 Å². The zero-order valence-electron chi connectivity index (χ0n) is 16.4. The highest BCUT2D eigenvalue weighted by atomic mass is 35.5. The van der Waals surface area contributed by atoms with Gasteiger partial charge < -0.3 is 19.9 Å². The van der Waals surface area contributed by atoms with Crippen LogP contribution in [0.25, 0.3) is 0 Å². The van der Waals surface area contributed by atoms with Gasteiger partial charge in [-0.2, -0.15) is 0 Å². The van der Waals surface area contributed by atoms with Crippen LogP contribution in [-0.2, 0) is 16.0 Å². The van der Waals surface area contributed by atoms with Crippen molar-refractivity contribution in [3.63, 3.8) is 0 Å². The van der Waals surface area contributed by atoms with Gasteiger partial charge in [0.1, 0.15) is 0 Å². The highest BCUT2D eigenvalue weighted by molar-refractivity contribution is 7.13. The molecule has 160 valence electrons. The van der Waals surface area contributed by atoms with Crippen LogP contribution in [0, 0.1) is 0 Å². The van der Waals surface area contributed by atoms with Crippen LogP contribution in [0.4, 0.5) is 20.4 Å². The minimum absolute atomic E-state index is 0.0905. The van der Waals surface area contributed by atoms with E-state index in [-0.39, 0.29) is 24.5 Å². The normalized spacial score (nSPS) is 13.7. The Hall–Kier alpha value is -2.85. The molecule has 4 amide bonds. The zero-order chi connectivity index (χ0) is 21.5. The number of carbonyl (C=O) groups is 3. The van der Waals surface area contributed by atoms with Crippen LogP contribution in [0.3, 0.4) is 0 Å². The molecule has 0 bridgehead atoms. The summed E-state index contributed by atoms with van der Waals surface area (Å²) in [7, 11) is 0. The molecule has 1 aliphatic heterocycles. The lowest BCUT2D eigenvalue weighted by Crippen LogP contribution is -2.51. The van der Waals surface area contributed by atoms with Crippen molar-refractivity contribution in [2.24, 2.45) is 0 Å². The highest BCUT2D eigenvalue weighted by Crippen LogP contribution is 2.18. The summed E-state index contributed by atoms with van der Waals surface area (Å²) in [6, 6.07) is 6.54. The average Bonchev–Trinajstić information content (AvgIpc) is 3.16. The van der Waals surface area contributed by atoms with E-state index in [1.807, 2.05) is 0 Å². The third-order valence-electron chi connectivity index (χ3n) is 4.33. The van der Waals surface area contributed by atoms with E-state index in [9.17, 15) is 14.4 Å². The van der Waals surface area contributed by atoms with E-state index in [1.165, 1.54) is 11.3 Å². The first-order valence-electron chi connectivity index (χ1n) is 9.42. The molecule has 9 nitrogen and oxygen atoms in total. The van der Waals surface area contributed by atoms with Crippen molar-refractivity contribution in [1.29, 1.82) is 0 Å². The number of thiazole rings is 1. The van der Waals surface area contributed by atoms with Gasteiger partial charge in [-0.15, -0.1) is 11.3 Å². The van der Waals surface area contributed by atoms with E-state index >= 15 is 0 Å². The van der Waals surface area contributed by atoms with Crippen molar-refractivity contribution >= 4 is 51.8 Å². The number of carbonyl (C=O) groups excluding carboxylic acids is 3. The smallest absolute Gasteiger partial charge is 0.409 e. The van der Waals surface area contributed by atoms with Crippen molar-refractivity contribution in [1.82, 2.24) is 14.8 Å². The lowest BCUT2D eigenvalue weighted by atomic mass is 10.3.